The molecular formula is C36H41ClFN7O3. The molecule has 3 aliphatic heterocycles. The van der Waals surface area contributed by atoms with Crippen molar-refractivity contribution in [1.29, 1.82) is 5.26 Å². The molecule has 0 N–H and O–H groups in total. The summed E-state index contributed by atoms with van der Waals surface area (Å²) in [4.78, 5) is 31.2. The first-order valence-electron chi connectivity index (χ1n) is 16.7. The van der Waals surface area contributed by atoms with E-state index >= 15 is 0 Å². The number of ether oxygens (including phenoxy) is 2. The van der Waals surface area contributed by atoms with Gasteiger partial charge in [-0.15, -0.1) is 0 Å². The highest BCUT2D eigenvalue weighted by Crippen LogP contribution is 2.40. The van der Waals surface area contributed by atoms with Crippen molar-refractivity contribution in [3.05, 3.63) is 65.1 Å². The molecule has 2 aromatic carbocycles. The van der Waals surface area contributed by atoms with E-state index in [1.165, 1.54) is 25.0 Å². The van der Waals surface area contributed by atoms with Gasteiger partial charge in [0.15, 0.2) is 0 Å². The van der Waals surface area contributed by atoms with E-state index in [1.807, 2.05) is 18.2 Å². The summed E-state index contributed by atoms with van der Waals surface area (Å²) in [7, 11) is 2.17. The van der Waals surface area contributed by atoms with Crippen LogP contribution in [0.5, 0.6) is 6.01 Å². The highest BCUT2D eigenvalue weighted by molar-refractivity contribution is 6.36. The molecule has 1 aromatic heterocycles. The Kier molecular flexibility index (Phi) is 8.92. The van der Waals surface area contributed by atoms with E-state index in [0.717, 1.165) is 34.7 Å². The number of hydrogen-bond acceptors (Lipinski definition) is 9. The summed E-state index contributed by atoms with van der Waals surface area (Å²) in [5.74, 6) is 0.137. The van der Waals surface area contributed by atoms with Crippen LogP contribution in [-0.4, -0.2) is 96.8 Å². The molecule has 2 atom stereocenters. The minimum Gasteiger partial charge on any atom is -0.463 e. The molecule has 1 saturated carbocycles. The minimum absolute atomic E-state index is 0.0171. The summed E-state index contributed by atoms with van der Waals surface area (Å²) >= 11 is 6.57. The van der Waals surface area contributed by atoms with Crippen LogP contribution in [0.25, 0.3) is 10.8 Å². The van der Waals surface area contributed by atoms with E-state index in [1.54, 1.807) is 11.0 Å². The van der Waals surface area contributed by atoms with E-state index < -0.39 is 5.82 Å². The average molecular weight is 674 g/mol. The van der Waals surface area contributed by atoms with E-state index in [2.05, 4.69) is 41.3 Å². The highest BCUT2D eigenvalue weighted by atomic mass is 35.5. The van der Waals surface area contributed by atoms with Crippen molar-refractivity contribution in [3.8, 4) is 12.1 Å². The molecular weight excluding hydrogens is 633 g/mol. The highest BCUT2D eigenvalue weighted by Gasteiger charge is 2.43. The van der Waals surface area contributed by atoms with Crippen LogP contribution in [-0.2, 0) is 22.5 Å². The normalized spacial score (nSPS) is 21.9. The quantitative estimate of drug-likeness (QED) is 0.276. The molecule has 12 heteroatoms. The number of rotatable bonds is 10. The van der Waals surface area contributed by atoms with Crippen molar-refractivity contribution < 1.29 is 18.7 Å². The zero-order valence-electron chi connectivity index (χ0n) is 27.5. The van der Waals surface area contributed by atoms with Crippen molar-refractivity contribution in [2.24, 2.45) is 5.41 Å². The predicted octanol–water partition coefficient (Wildman–Crippen LogP) is 4.98. The number of fused-ring (bicyclic) bond motifs is 2. The van der Waals surface area contributed by atoms with Gasteiger partial charge in [-0.05, 0) is 56.8 Å². The van der Waals surface area contributed by atoms with Crippen molar-refractivity contribution in [3.63, 3.8) is 0 Å². The van der Waals surface area contributed by atoms with Crippen LogP contribution in [0.1, 0.15) is 37.4 Å². The summed E-state index contributed by atoms with van der Waals surface area (Å²) in [5, 5.41) is 11.3. The predicted molar refractivity (Wildman–Crippen MR) is 183 cm³/mol. The fourth-order valence-corrected chi connectivity index (χ4v) is 7.74. The van der Waals surface area contributed by atoms with Crippen LogP contribution in [0.15, 0.2) is 43.0 Å². The van der Waals surface area contributed by atoms with Gasteiger partial charge in [-0.3, -0.25) is 4.79 Å². The van der Waals surface area contributed by atoms with Gasteiger partial charge in [0.05, 0.1) is 54.4 Å². The molecule has 4 aliphatic rings. The summed E-state index contributed by atoms with van der Waals surface area (Å²) in [6, 6.07) is 11.9. The van der Waals surface area contributed by atoms with Crippen molar-refractivity contribution in [1.82, 2.24) is 19.8 Å². The van der Waals surface area contributed by atoms with Crippen molar-refractivity contribution in [2.45, 2.75) is 57.3 Å². The van der Waals surface area contributed by atoms with Crippen LogP contribution in [0, 0.1) is 22.6 Å². The number of benzene rings is 2. The molecule has 1 aliphatic carbocycles. The molecule has 2 saturated heterocycles. The lowest BCUT2D eigenvalue weighted by Crippen LogP contribution is -2.55. The largest absolute Gasteiger partial charge is 0.463 e. The molecule has 7 rings (SSSR count). The smallest absolute Gasteiger partial charge is 0.318 e. The molecule has 0 bridgehead atoms. The van der Waals surface area contributed by atoms with Crippen LogP contribution in [0.2, 0.25) is 5.02 Å². The standard InChI is InChI=1S/C36H41ClFN7O3/c1-4-31(46)44-15-14-43(17-26(44)12-13-39)34-27-16-23(2)45(30-7-5-6-24-8-11-28(38)33(37)32(24)30)18-29(27)40-35(41-34)48-22-36(20-47-21-36)19-42(3)25-9-10-25/h4-8,11,23,25-26H,1,9-10,12,14-22H2,2-3H3. The lowest BCUT2D eigenvalue weighted by Gasteiger charge is -2.44. The number of halogens is 2. The number of carbonyl (C=O) groups is 1. The Morgan fingerprint density at radius 3 is 2.79 bits per heavy atom. The van der Waals surface area contributed by atoms with Gasteiger partial charge in [0.25, 0.3) is 0 Å². The van der Waals surface area contributed by atoms with E-state index in [-0.39, 0.29) is 34.8 Å². The molecule has 10 nitrogen and oxygen atoms in total. The summed E-state index contributed by atoms with van der Waals surface area (Å²) in [6.07, 6.45) is 4.60. The van der Waals surface area contributed by atoms with Gasteiger partial charge < -0.3 is 29.1 Å². The first-order chi connectivity index (χ1) is 23.2. The Hall–Kier alpha value is -3.98. The number of nitriles is 1. The molecule has 2 unspecified atom stereocenters. The van der Waals surface area contributed by atoms with Crippen LogP contribution < -0.4 is 14.5 Å². The third kappa shape index (κ3) is 6.17. The van der Waals surface area contributed by atoms with Crippen molar-refractivity contribution in [2.75, 3.05) is 62.8 Å². The van der Waals surface area contributed by atoms with Gasteiger partial charge in [0.1, 0.15) is 18.2 Å². The molecule has 4 heterocycles. The van der Waals surface area contributed by atoms with Crippen molar-refractivity contribution >= 4 is 39.8 Å². The third-order valence-electron chi connectivity index (χ3n) is 10.3. The number of anilines is 2. The molecule has 3 fully saturated rings. The molecule has 48 heavy (non-hydrogen) atoms. The third-order valence-corrected chi connectivity index (χ3v) is 10.6. The maximum atomic E-state index is 14.7. The molecule has 1 amide bonds. The minimum atomic E-state index is -0.454. The number of hydrogen-bond donors (Lipinski definition) is 0. The fraction of sp³-hybridized carbons (Fsp3) is 0.500. The summed E-state index contributed by atoms with van der Waals surface area (Å²) in [6.45, 7) is 10.3. The zero-order chi connectivity index (χ0) is 33.6. The second-order valence-electron chi connectivity index (χ2n) is 13.8. The van der Waals surface area contributed by atoms with Gasteiger partial charge in [-0.25, -0.2) is 4.39 Å². The lowest BCUT2D eigenvalue weighted by molar-refractivity contribution is -0.143. The van der Waals surface area contributed by atoms with Gasteiger partial charge in [-0.1, -0.05) is 36.4 Å². The van der Waals surface area contributed by atoms with Gasteiger partial charge in [-0.2, -0.15) is 15.2 Å². The van der Waals surface area contributed by atoms with Crippen LogP contribution >= 0.6 is 11.6 Å². The van der Waals surface area contributed by atoms with Crippen LogP contribution in [0.3, 0.4) is 0 Å². The number of amides is 1. The van der Waals surface area contributed by atoms with E-state index in [9.17, 15) is 14.4 Å². The Morgan fingerprint density at radius 2 is 2.08 bits per heavy atom. The molecule has 0 radical (unpaired) electrons. The summed E-state index contributed by atoms with van der Waals surface area (Å²) < 4.78 is 26.9. The number of aromatic nitrogens is 2. The first-order valence-corrected chi connectivity index (χ1v) is 17.1. The van der Waals surface area contributed by atoms with Crippen LogP contribution in [0.4, 0.5) is 15.9 Å². The zero-order valence-corrected chi connectivity index (χ0v) is 28.3. The maximum absolute atomic E-state index is 14.7. The fourth-order valence-electron chi connectivity index (χ4n) is 7.47. The monoisotopic (exact) mass is 673 g/mol. The summed E-state index contributed by atoms with van der Waals surface area (Å²) in [5.41, 5.74) is 2.55. The van der Waals surface area contributed by atoms with Gasteiger partial charge >= 0.3 is 6.01 Å². The average Bonchev–Trinajstić information content (AvgIpc) is 3.93. The number of carbonyl (C=O) groups excluding carboxylic acids is 1. The molecule has 0 spiro atoms. The number of nitrogens with zero attached hydrogens (tertiary/aromatic N) is 7. The van der Waals surface area contributed by atoms with E-state index in [4.69, 9.17) is 31.0 Å². The Morgan fingerprint density at radius 1 is 1.27 bits per heavy atom. The lowest BCUT2D eigenvalue weighted by atomic mass is 9.86. The topological polar surface area (TPSA) is 98.1 Å². The number of piperazine rings is 1. The second-order valence-corrected chi connectivity index (χ2v) is 14.2. The molecule has 252 valence electrons. The Bertz CT molecular complexity index is 1770. The Balaban J connectivity index is 1.24. The SMILES string of the molecule is C=CC(=O)N1CCN(c2nc(OCC3(CN(C)C4CC4)COC3)nc3c2CC(C)N(c2cccc4ccc(F)c(Cl)c24)C3)CC1CC#N. The Labute approximate surface area is 285 Å². The maximum Gasteiger partial charge on any atom is 0.318 e. The second kappa shape index (κ2) is 13.1. The first kappa shape index (κ1) is 32.6. The molecule has 3 aromatic rings. The van der Waals surface area contributed by atoms with Gasteiger partial charge in [0.2, 0.25) is 5.91 Å². The van der Waals surface area contributed by atoms with Gasteiger partial charge in [0, 0.05) is 54.9 Å². The van der Waals surface area contributed by atoms with E-state index in [0.29, 0.717) is 69.9 Å².